The fraction of sp³-hybridized carbons (Fsp3) is 0. The van der Waals surface area contributed by atoms with Gasteiger partial charge in [-0.05, 0) is 141 Å². The van der Waals surface area contributed by atoms with Gasteiger partial charge < -0.3 is 14.4 Å². The number of rotatable bonds is 13. The molecule has 0 unspecified atom stereocenters. The predicted molar refractivity (Wildman–Crippen MR) is 413 cm³/mol. The Morgan fingerprint density at radius 2 is 0.552 bits per heavy atom. The topological polar surface area (TPSA) is 11.4 Å². The van der Waals surface area contributed by atoms with E-state index in [2.05, 4.69) is 403 Å². The first-order valence-corrected chi connectivity index (χ1v) is 37.3. The molecule has 2 aliphatic rings. The van der Waals surface area contributed by atoms with Crippen molar-refractivity contribution in [3.8, 4) is 27.9 Å². The molecule has 3 nitrogen and oxygen atoms in total. The quantitative estimate of drug-likeness (QED) is 0.0842. The Morgan fingerprint density at radius 3 is 1.01 bits per heavy atom. The van der Waals surface area contributed by atoms with Crippen molar-refractivity contribution in [3.05, 3.63) is 388 Å². The van der Waals surface area contributed by atoms with Crippen LogP contribution in [0.4, 0.5) is 34.1 Å². The van der Waals surface area contributed by atoms with Crippen LogP contribution < -0.4 is 67.7 Å². The van der Waals surface area contributed by atoms with Crippen molar-refractivity contribution in [1.29, 1.82) is 0 Å². The van der Waals surface area contributed by atoms with E-state index < -0.39 is 16.1 Å². The molecule has 0 fully saturated rings. The third kappa shape index (κ3) is 9.09. The lowest BCUT2D eigenvalue weighted by Crippen LogP contribution is -2.75. The highest BCUT2D eigenvalue weighted by Gasteiger charge is 2.48. The molecular weight excluding hydrogens is 1190 g/mol. The molecule has 0 radical (unpaired) electrons. The lowest BCUT2D eigenvalue weighted by atomic mass is 9.33. The molecule has 96 heavy (non-hydrogen) atoms. The van der Waals surface area contributed by atoms with E-state index in [0.29, 0.717) is 0 Å². The molecule has 0 saturated carbocycles. The molecule has 6 heteroatoms. The second-order valence-electron chi connectivity index (χ2n) is 25.4. The molecule has 0 aliphatic carbocycles. The lowest BCUT2D eigenvalue weighted by molar-refractivity contribution is 1.16. The number of anilines is 6. The molecule has 0 saturated heterocycles. The molecule has 2 aliphatic heterocycles. The first-order chi connectivity index (χ1) is 47.6. The van der Waals surface area contributed by atoms with E-state index in [1.807, 2.05) is 0 Å². The molecule has 0 spiro atoms. The van der Waals surface area contributed by atoms with Crippen molar-refractivity contribution in [2.45, 2.75) is 0 Å². The van der Waals surface area contributed by atoms with E-state index in [4.69, 9.17) is 0 Å². The Balaban J connectivity index is 0.976. The molecule has 0 amide bonds. The molecule has 18 rings (SSSR count). The van der Waals surface area contributed by atoms with Gasteiger partial charge in [0, 0.05) is 44.9 Å². The highest BCUT2D eigenvalue weighted by Crippen LogP contribution is 2.47. The summed E-state index contributed by atoms with van der Waals surface area (Å²) in [5.74, 6) is 0. The summed E-state index contributed by atoms with van der Waals surface area (Å²) in [5.41, 5.74) is 18.6. The van der Waals surface area contributed by atoms with E-state index in [1.54, 1.807) is 0 Å². The van der Waals surface area contributed by atoms with Crippen molar-refractivity contribution >= 4 is 137 Å². The average Bonchev–Trinajstić information content (AvgIpc) is 0.794. The van der Waals surface area contributed by atoms with Crippen LogP contribution in [0.25, 0.3) is 49.7 Å². The predicted octanol–water partition coefficient (Wildman–Crippen LogP) is 15.0. The number of aromatic nitrogens is 1. The van der Waals surface area contributed by atoms with E-state index in [1.165, 1.54) is 85.3 Å². The van der Waals surface area contributed by atoms with Crippen LogP contribution in [0.15, 0.2) is 388 Å². The largest absolute Gasteiger partial charge is 0.311 e. The summed E-state index contributed by atoms with van der Waals surface area (Å²) in [6.45, 7) is -0.219. The fourth-order valence-corrected chi connectivity index (χ4v) is 25.9. The van der Waals surface area contributed by atoms with Crippen LogP contribution in [-0.2, 0) is 0 Å². The maximum atomic E-state index is 2.66. The summed E-state index contributed by atoms with van der Waals surface area (Å²) in [5, 5.41) is 13.1. The van der Waals surface area contributed by atoms with Crippen LogP contribution >= 0.6 is 0 Å². The molecule has 0 atom stereocenters. The van der Waals surface area contributed by atoms with Gasteiger partial charge in [-0.2, -0.15) is 0 Å². The smallest absolute Gasteiger partial charge is 0.252 e. The monoisotopic (exact) mass is 1250 g/mol. The SMILES string of the molecule is c1ccc(-c2cccc(N3c4ccc(-c5ccccc5)cc4B4c5cc([Si](c6ccccc6)(c6ccccc6)c6ccccc6)ccc5N(c5ccc([Si](c6ccccc6)(c6ccccc6)c6ccccc6)cc5)c5cc(-n6c7ccccc7c7ccccc76)cc3c54)c2)cc1. The van der Waals surface area contributed by atoms with Gasteiger partial charge in [-0.25, -0.2) is 0 Å². The highest BCUT2D eigenvalue weighted by atomic mass is 28.3. The van der Waals surface area contributed by atoms with Crippen molar-refractivity contribution in [2.75, 3.05) is 9.80 Å². The zero-order chi connectivity index (χ0) is 63.6. The van der Waals surface area contributed by atoms with Gasteiger partial charge in [0.05, 0.1) is 16.7 Å². The summed E-state index contributed by atoms with van der Waals surface area (Å²) >= 11 is 0. The van der Waals surface area contributed by atoms with Gasteiger partial charge in [0.2, 0.25) is 0 Å². The molecule has 3 heterocycles. The normalized spacial score (nSPS) is 12.5. The number of hydrogen-bond donors (Lipinski definition) is 0. The van der Waals surface area contributed by atoms with Crippen LogP contribution in [0.2, 0.25) is 0 Å². The van der Waals surface area contributed by atoms with Crippen LogP contribution in [0.5, 0.6) is 0 Å². The molecule has 450 valence electrons. The van der Waals surface area contributed by atoms with Crippen LogP contribution in [0.1, 0.15) is 0 Å². The molecule has 1 aromatic heterocycles. The molecule has 0 N–H and O–H groups in total. The minimum absolute atomic E-state index is 0.219. The van der Waals surface area contributed by atoms with E-state index in [0.717, 1.165) is 56.4 Å². The summed E-state index contributed by atoms with van der Waals surface area (Å²) in [4.78, 5) is 5.23. The van der Waals surface area contributed by atoms with Gasteiger partial charge in [0.25, 0.3) is 6.71 Å². The third-order valence-corrected chi connectivity index (χ3v) is 30.0. The Hall–Kier alpha value is -11.8. The summed E-state index contributed by atoms with van der Waals surface area (Å²) in [6.07, 6.45) is 0. The van der Waals surface area contributed by atoms with E-state index >= 15 is 0 Å². The van der Waals surface area contributed by atoms with Crippen molar-refractivity contribution < 1.29 is 0 Å². The Morgan fingerprint density at radius 1 is 0.208 bits per heavy atom. The Labute approximate surface area is 563 Å². The number of fused-ring (bicyclic) bond motifs is 7. The zero-order valence-electron chi connectivity index (χ0n) is 52.9. The van der Waals surface area contributed by atoms with E-state index in [-0.39, 0.29) is 6.71 Å². The molecule has 15 aromatic carbocycles. The summed E-state index contributed by atoms with van der Waals surface area (Å²) in [7, 11) is -6.03. The van der Waals surface area contributed by atoms with Crippen molar-refractivity contribution in [2.24, 2.45) is 0 Å². The fourth-order valence-electron chi connectivity index (χ4n) is 16.4. The van der Waals surface area contributed by atoms with Gasteiger partial charge in [-0.3, -0.25) is 0 Å². The highest BCUT2D eigenvalue weighted by molar-refractivity contribution is 7.20. The lowest BCUT2D eigenvalue weighted by Gasteiger charge is -2.45. The second kappa shape index (κ2) is 23.6. The summed E-state index contributed by atoms with van der Waals surface area (Å²) in [6, 6.07) is 147. The minimum atomic E-state index is -3.10. The zero-order valence-corrected chi connectivity index (χ0v) is 54.9. The van der Waals surface area contributed by atoms with Gasteiger partial charge in [0.15, 0.2) is 16.1 Å². The van der Waals surface area contributed by atoms with E-state index in [9.17, 15) is 0 Å². The molecule has 16 aromatic rings. The average molecular weight is 1250 g/mol. The first kappa shape index (κ1) is 56.9. The Kier molecular flexibility index (Phi) is 14.0. The minimum Gasteiger partial charge on any atom is -0.311 e. The van der Waals surface area contributed by atoms with Gasteiger partial charge >= 0.3 is 0 Å². The number of nitrogens with zero attached hydrogens (tertiary/aromatic N) is 3. The molecule has 0 bridgehead atoms. The number of para-hydroxylation sites is 2. The maximum Gasteiger partial charge on any atom is 0.252 e. The third-order valence-electron chi connectivity index (χ3n) is 20.4. The number of hydrogen-bond acceptors (Lipinski definition) is 2. The van der Waals surface area contributed by atoms with Gasteiger partial charge in [-0.1, -0.05) is 328 Å². The van der Waals surface area contributed by atoms with Gasteiger partial charge in [-0.15, -0.1) is 0 Å². The van der Waals surface area contributed by atoms with Crippen LogP contribution in [-0.4, -0.2) is 27.4 Å². The Bertz CT molecular complexity index is 5280. The maximum absolute atomic E-state index is 3.10. The first-order valence-electron chi connectivity index (χ1n) is 33.3. The van der Waals surface area contributed by atoms with Crippen LogP contribution in [0.3, 0.4) is 0 Å². The molecular formula is C90H64BN3Si2. The van der Waals surface area contributed by atoms with Crippen molar-refractivity contribution in [3.63, 3.8) is 0 Å². The number of benzene rings is 15. The second-order valence-corrected chi connectivity index (χ2v) is 33.1. The van der Waals surface area contributed by atoms with Gasteiger partial charge in [0.1, 0.15) is 0 Å². The summed E-state index contributed by atoms with van der Waals surface area (Å²) < 4.78 is 2.52. The van der Waals surface area contributed by atoms with Crippen molar-refractivity contribution in [1.82, 2.24) is 4.57 Å². The standard InChI is InChI=1S/C90H64BN3Si2/c1-9-30-65(31-10-1)67-34-29-35-70(60-67)93-86-58-52-68(66-32-11-2-12-33-66)61-82(86)91-83-64-79(96(75-42-19-6-20-43-75,76-44-21-7-22-45-76)77-46-23-8-24-47-77)57-59-87(83)92(88-62-71(63-89(93)90(88)91)94-84-50-27-25-48-80(84)81-49-26-28-51-85(81)94)69-53-55-78(56-54-69)95(72-36-13-3-14-37-72,73-38-15-4-16-39-73)74-40-17-5-18-41-74/h1-64H. The van der Waals surface area contributed by atoms with Crippen LogP contribution in [0, 0.1) is 0 Å².